The van der Waals surface area contributed by atoms with Crippen molar-refractivity contribution in [2.24, 2.45) is 0 Å². The lowest BCUT2D eigenvalue weighted by Crippen LogP contribution is -2.11. The van der Waals surface area contributed by atoms with Gasteiger partial charge in [0.05, 0.1) is 10.6 Å². The predicted molar refractivity (Wildman–Crippen MR) is 83.0 cm³/mol. The molecule has 1 amide bonds. The Kier molecular flexibility index (Phi) is 3.67. The largest absolute Gasteiger partial charge is 0.399 e. The van der Waals surface area contributed by atoms with Crippen LogP contribution in [0.1, 0.15) is 20.1 Å². The predicted octanol–water partition coefficient (Wildman–Crippen LogP) is 3.51. The number of hydrogen-bond donors (Lipinski definition) is 2. The second kappa shape index (κ2) is 5.46. The highest BCUT2D eigenvalue weighted by molar-refractivity contribution is 7.98. The molecule has 3 nitrogen and oxygen atoms in total. The van der Waals surface area contributed by atoms with Crippen molar-refractivity contribution >= 4 is 40.4 Å². The van der Waals surface area contributed by atoms with E-state index < -0.39 is 5.82 Å². The van der Waals surface area contributed by atoms with E-state index in [2.05, 4.69) is 5.32 Å². The highest BCUT2D eigenvalue weighted by atomic mass is 32.2. The van der Waals surface area contributed by atoms with Gasteiger partial charge in [-0.3, -0.25) is 4.79 Å². The first kappa shape index (κ1) is 13.5. The topological polar surface area (TPSA) is 55.1 Å². The first-order valence-electron chi connectivity index (χ1n) is 6.19. The third-order valence-electron chi connectivity index (χ3n) is 3.09. The molecule has 0 bridgehead atoms. The summed E-state index contributed by atoms with van der Waals surface area (Å²) in [7, 11) is 0. The van der Waals surface area contributed by atoms with Gasteiger partial charge in [-0.05, 0) is 42.0 Å². The molecule has 0 atom stereocenters. The van der Waals surface area contributed by atoms with Crippen LogP contribution < -0.4 is 11.1 Å². The summed E-state index contributed by atoms with van der Waals surface area (Å²) in [4.78, 5) is 14.1. The van der Waals surface area contributed by atoms with Crippen molar-refractivity contribution in [2.45, 2.75) is 12.2 Å². The first-order chi connectivity index (χ1) is 9.63. The lowest BCUT2D eigenvalue weighted by molar-refractivity contribution is 0.103. The molecule has 0 fully saturated rings. The van der Waals surface area contributed by atoms with E-state index in [0.717, 1.165) is 17.9 Å². The number of anilines is 2. The number of nitrogen functional groups attached to an aromatic ring is 1. The van der Waals surface area contributed by atoms with Gasteiger partial charge in [0.2, 0.25) is 0 Å². The molecule has 1 aliphatic heterocycles. The van der Waals surface area contributed by atoms with E-state index in [1.807, 2.05) is 17.8 Å². The average molecular weight is 308 g/mol. The number of nitrogens with one attached hydrogen (secondary N) is 1. The zero-order chi connectivity index (χ0) is 14.1. The number of hydrogen-bond acceptors (Lipinski definition) is 4. The molecule has 0 spiro atoms. The highest BCUT2D eigenvalue weighted by Gasteiger charge is 2.18. The lowest BCUT2D eigenvalue weighted by atomic mass is 10.2. The van der Waals surface area contributed by atoms with E-state index in [9.17, 15) is 9.18 Å². The summed E-state index contributed by atoms with van der Waals surface area (Å²) in [6.07, 6.45) is 1.01. The number of halogens is 1. The molecule has 6 heteroatoms. The molecular weight excluding hydrogens is 295 g/mol. The van der Waals surface area contributed by atoms with Gasteiger partial charge in [0.25, 0.3) is 5.91 Å². The van der Waals surface area contributed by atoms with Gasteiger partial charge >= 0.3 is 0 Å². The van der Waals surface area contributed by atoms with Crippen molar-refractivity contribution in [1.29, 1.82) is 0 Å². The Hall–Kier alpha value is -1.53. The summed E-state index contributed by atoms with van der Waals surface area (Å²) in [5.41, 5.74) is 7.21. The molecular formula is C14H13FN2OS2. The molecule has 0 aliphatic carbocycles. The number of carbonyl (C=O) groups excluding carboxylic acids is 1. The monoisotopic (exact) mass is 308 g/mol. The first-order valence-corrected chi connectivity index (χ1v) is 8.16. The number of benzene rings is 1. The van der Waals surface area contributed by atoms with Crippen molar-refractivity contribution in [3.8, 4) is 0 Å². The van der Waals surface area contributed by atoms with Crippen LogP contribution in [0, 0.1) is 5.82 Å². The van der Waals surface area contributed by atoms with E-state index in [0.29, 0.717) is 10.6 Å². The van der Waals surface area contributed by atoms with Crippen LogP contribution in [-0.2, 0) is 12.2 Å². The fourth-order valence-corrected chi connectivity index (χ4v) is 4.34. The molecule has 0 unspecified atom stereocenters. The Labute approximate surface area is 124 Å². The summed E-state index contributed by atoms with van der Waals surface area (Å²) in [5.74, 6) is 1.27. The highest BCUT2D eigenvalue weighted by Crippen LogP contribution is 2.32. The molecule has 0 radical (unpaired) electrons. The van der Waals surface area contributed by atoms with Crippen molar-refractivity contribution < 1.29 is 9.18 Å². The number of amides is 1. The summed E-state index contributed by atoms with van der Waals surface area (Å²) in [6, 6.07) is 6.16. The SMILES string of the molecule is Nc1ccc(NC(=O)c2cc3c(s2)CCSC3)c(F)c1. The van der Waals surface area contributed by atoms with Crippen LogP contribution in [0.4, 0.5) is 15.8 Å². The van der Waals surface area contributed by atoms with Crippen molar-refractivity contribution in [2.75, 3.05) is 16.8 Å². The summed E-state index contributed by atoms with van der Waals surface area (Å²) in [5, 5.41) is 2.60. The van der Waals surface area contributed by atoms with Gasteiger partial charge in [-0.25, -0.2) is 4.39 Å². The van der Waals surface area contributed by atoms with Gasteiger partial charge in [0.1, 0.15) is 5.82 Å². The fraction of sp³-hybridized carbons (Fsp3) is 0.214. The maximum absolute atomic E-state index is 13.7. The zero-order valence-corrected chi connectivity index (χ0v) is 12.2. The van der Waals surface area contributed by atoms with Crippen LogP contribution in [0.2, 0.25) is 0 Å². The smallest absolute Gasteiger partial charge is 0.265 e. The van der Waals surface area contributed by atoms with Gasteiger partial charge < -0.3 is 11.1 Å². The van der Waals surface area contributed by atoms with Crippen molar-refractivity contribution in [3.05, 3.63) is 45.4 Å². The molecule has 1 aromatic heterocycles. The van der Waals surface area contributed by atoms with Gasteiger partial charge in [0.15, 0.2) is 0 Å². The van der Waals surface area contributed by atoms with Crippen LogP contribution >= 0.6 is 23.1 Å². The summed E-state index contributed by atoms with van der Waals surface area (Å²) in [6.45, 7) is 0. The Morgan fingerprint density at radius 1 is 1.35 bits per heavy atom. The molecule has 104 valence electrons. The Balaban J connectivity index is 1.80. The zero-order valence-electron chi connectivity index (χ0n) is 10.6. The van der Waals surface area contributed by atoms with E-state index in [4.69, 9.17) is 5.73 Å². The second-order valence-corrected chi connectivity index (χ2v) is 6.80. The molecule has 0 saturated carbocycles. The standard InChI is InChI=1S/C14H13FN2OS2/c15-10-6-9(16)1-2-11(10)17-14(18)13-5-8-7-19-4-3-12(8)20-13/h1-2,5-6H,3-4,7,16H2,(H,17,18). The molecule has 1 aromatic carbocycles. The Morgan fingerprint density at radius 3 is 2.95 bits per heavy atom. The number of nitrogens with two attached hydrogens (primary N) is 1. The Morgan fingerprint density at radius 2 is 2.20 bits per heavy atom. The summed E-state index contributed by atoms with van der Waals surface area (Å²) >= 11 is 3.37. The fourth-order valence-electron chi connectivity index (χ4n) is 2.08. The van der Waals surface area contributed by atoms with Crippen LogP contribution in [0.5, 0.6) is 0 Å². The molecule has 2 aromatic rings. The quantitative estimate of drug-likeness (QED) is 0.835. The molecule has 0 saturated heterocycles. The maximum atomic E-state index is 13.7. The Bertz CT molecular complexity index is 646. The number of thioether (sulfide) groups is 1. The minimum absolute atomic E-state index is 0.157. The average Bonchev–Trinajstić information content (AvgIpc) is 2.86. The van der Waals surface area contributed by atoms with Crippen LogP contribution in [0.25, 0.3) is 0 Å². The van der Waals surface area contributed by atoms with E-state index >= 15 is 0 Å². The number of carbonyl (C=O) groups is 1. The van der Waals surface area contributed by atoms with Crippen LogP contribution in [-0.4, -0.2) is 11.7 Å². The number of thiophene rings is 1. The lowest BCUT2D eigenvalue weighted by Gasteiger charge is -2.08. The number of aryl methyl sites for hydroxylation is 1. The van der Waals surface area contributed by atoms with Gasteiger partial charge in [-0.1, -0.05) is 0 Å². The van der Waals surface area contributed by atoms with E-state index in [1.165, 1.54) is 33.9 Å². The molecule has 3 N–H and O–H groups in total. The van der Waals surface area contributed by atoms with Crippen molar-refractivity contribution in [3.63, 3.8) is 0 Å². The van der Waals surface area contributed by atoms with Gasteiger partial charge in [-0.2, -0.15) is 11.8 Å². The molecule has 1 aliphatic rings. The minimum Gasteiger partial charge on any atom is -0.399 e. The third kappa shape index (κ3) is 2.66. The summed E-state index contributed by atoms with van der Waals surface area (Å²) < 4.78 is 13.7. The molecule has 2 heterocycles. The maximum Gasteiger partial charge on any atom is 0.265 e. The van der Waals surface area contributed by atoms with Crippen LogP contribution in [0.15, 0.2) is 24.3 Å². The van der Waals surface area contributed by atoms with Crippen LogP contribution in [0.3, 0.4) is 0 Å². The van der Waals surface area contributed by atoms with E-state index in [1.54, 1.807) is 6.07 Å². The van der Waals surface area contributed by atoms with Gasteiger partial charge in [-0.15, -0.1) is 11.3 Å². The normalized spacial score (nSPS) is 13.8. The second-order valence-electron chi connectivity index (χ2n) is 4.56. The number of fused-ring (bicyclic) bond motifs is 1. The third-order valence-corrected chi connectivity index (χ3v) is 5.34. The molecule has 3 rings (SSSR count). The van der Waals surface area contributed by atoms with E-state index in [-0.39, 0.29) is 11.6 Å². The molecule has 20 heavy (non-hydrogen) atoms. The number of rotatable bonds is 2. The van der Waals surface area contributed by atoms with Gasteiger partial charge in [0, 0.05) is 16.3 Å². The van der Waals surface area contributed by atoms with Crippen molar-refractivity contribution in [1.82, 2.24) is 0 Å². The minimum atomic E-state index is -0.518.